The molecule has 0 heterocycles. The second-order valence-electron chi connectivity index (χ2n) is 9.64. The molecule has 4 unspecified atom stereocenters. The Labute approximate surface area is 233 Å². The normalized spacial score (nSPS) is 14.1. The number of thioether (sulfide) groups is 1. The Morgan fingerprint density at radius 3 is 1.97 bits per heavy atom. The highest BCUT2D eigenvalue weighted by Gasteiger charge is 2.32. The third kappa shape index (κ3) is 10.6. The molecule has 3 amide bonds. The summed E-state index contributed by atoms with van der Waals surface area (Å²) >= 11 is 1.47. The van der Waals surface area contributed by atoms with Crippen molar-refractivity contribution in [2.45, 2.75) is 57.3 Å². The van der Waals surface area contributed by atoms with Crippen molar-refractivity contribution in [1.29, 1.82) is 0 Å². The molecule has 0 saturated carbocycles. The van der Waals surface area contributed by atoms with E-state index < -0.39 is 47.9 Å². The molecule has 0 aliphatic carbocycles. The van der Waals surface area contributed by atoms with Crippen LogP contribution in [0, 0.1) is 5.92 Å². The number of phenols is 1. The van der Waals surface area contributed by atoms with Gasteiger partial charge in [0, 0.05) is 6.42 Å². The van der Waals surface area contributed by atoms with Gasteiger partial charge in [-0.2, -0.15) is 11.8 Å². The van der Waals surface area contributed by atoms with Crippen molar-refractivity contribution in [3.8, 4) is 5.75 Å². The van der Waals surface area contributed by atoms with Crippen molar-refractivity contribution in [1.82, 2.24) is 16.0 Å². The molecule has 11 heteroatoms. The van der Waals surface area contributed by atoms with Crippen molar-refractivity contribution >= 4 is 35.5 Å². The van der Waals surface area contributed by atoms with Gasteiger partial charge in [-0.15, -0.1) is 0 Å². The quantitative estimate of drug-likeness (QED) is 0.191. The summed E-state index contributed by atoms with van der Waals surface area (Å²) < 4.78 is 0. The van der Waals surface area contributed by atoms with Crippen LogP contribution in [0.2, 0.25) is 0 Å². The van der Waals surface area contributed by atoms with Gasteiger partial charge in [0.25, 0.3) is 0 Å². The van der Waals surface area contributed by atoms with Gasteiger partial charge in [-0.3, -0.25) is 14.4 Å². The van der Waals surface area contributed by atoms with Crippen molar-refractivity contribution in [3.05, 3.63) is 65.7 Å². The maximum Gasteiger partial charge on any atom is 0.326 e. The smallest absolute Gasteiger partial charge is 0.326 e. The average molecular weight is 559 g/mol. The molecular weight excluding hydrogens is 520 g/mol. The van der Waals surface area contributed by atoms with Crippen LogP contribution in [0.1, 0.15) is 31.4 Å². The van der Waals surface area contributed by atoms with E-state index in [1.165, 1.54) is 23.9 Å². The zero-order chi connectivity index (χ0) is 28.9. The van der Waals surface area contributed by atoms with E-state index >= 15 is 0 Å². The molecule has 0 aliphatic rings. The predicted octanol–water partition coefficient (Wildman–Crippen LogP) is 1.45. The number of carbonyl (C=O) groups is 4. The number of phenolic OH excluding ortho intramolecular Hbond substituents is 1. The van der Waals surface area contributed by atoms with Gasteiger partial charge in [-0.25, -0.2) is 4.79 Å². The molecule has 0 radical (unpaired) electrons. The topological polar surface area (TPSA) is 171 Å². The highest BCUT2D eigenvalue weighted by molar-refractivity contribution is 7.98. The number of amides is 3. The lowest BCUT2D eigenvalue weighted by molar-refractivity contribution is -0.142. The number of carbonyl (C=O) groups excluding carboxylic acids is 3. The van der Waals surface area contributed by atoms with Gasteiger partial charge in [0.2, 0.25) is 17.7 Å². The van der Waals surface area contributed by atoms with Crippen molar-refractivity contribution in [3.63, 3.8) is 0 Å². The lowest BCUT2D eigenvalue weighted by atomic mass is 10.00. The highest BCUT2D eigenvalue weighted by Crippen LogP contribution is 2.12. The van der Waals surface area contributed by atoms with Crippen LogP contribution in [0.15, 0.2) is 54.6 Å². The Balaban J connectivity index is 2.17. The summed E-state index contributed by atoms with van der Waals surface area (Å²) in [5.41, 5.74) is 7.65. The van der Waals surface area contributed by atoms with Crippen molar-refractivity contribution in [2.24, 2.45) is 11.7 Å². The van der Waals surface area contributed by atoms with Crippen LogP contribution in [0.4, 0.5) is 0 Å². The number of aliphatic carboxylic acids is 1. The maximum atomic E-state index is 13.4. The highest BCUT2D eigenvalue weighted by atomic mass is 32.2. The molecule has 2 rings (SSSR count). The van der Waals surface area contributed by atoms with E-state index in [1.807, 2.05) is 36.6 Å². The van der Waals surface area contributed by atoms with Gasteiger partial charge in [0.15, 0.2) is 0 Å². The molecule has 0 aromatic heterocycles. The summed E-state index contributed by atoms with van der Waals surface area (Å²) in [6.45, 7) is 3.47. The van der Waals surface area contributed by atoms with Gasteiger partial charge in [-0.05, 0) is 54.0 Å². The SMILES string of the molecule is CSCCC(NC(=O)C(NC(=O)C(Cc1ccccc1)NC(=O)C(N)Cc1ccc(O)cc1)C(C)C)C(=O)O. The molecule has 10 nitrogen and oxygen atoms in total. The fraction of sp³-hybridized carbons (Fsp3) is 0.429. The molecule has 0 saturated heterocycles. The molecule has 39 heavy (non-hydrogen) atoms. The van der Waals surface area contributed by atoms with Crippen LogP contribution in [-0.4, -0.2) is 70.1 Å². The van der Waals surface area contributed by atoms with Crippen LogP contribution < -0.4 is 21.7 Å². The number of aromatic hydroxyl groups is 1. The minimum atomic E-state index is -1.15. The fourth-order valence-electron chi connectivity index (χ4n) is 3.86. The Kier molecular flexibility index (Phi) is 12.8. The summed E-state index contributed by atoms with van der Waals surface area (Å²) in [4.78, 5) is 51.0. The predicted molar refractivity (Wildman–Crippen MR) is 151 cm³/mol. The number of carboxylic acid groups (broad SMARTS) is 1. The van der Waals surface area contributed by atoms with Gasteiger partial charge >= 0.3 is 5.97 Å². The van der Waals surface area contributed by atoms with E-state index in [-0.39, 0.29) is 30.9 Å². The number of hydrogen-bond donors (Lipinski definition) is 6. The molecular formula is C28H38N4O6S. The first-order valence-corrected chi connectivity index (χ1v) is 14.1. The first-order chi connectivity index (χ1) is 18.5. The monoisotopic (exact) mass is 558 g/mol. The number of nitrogens with two attached hydrogens (primary N) is 1. The van der Waals surface area contributed by atoms with Crippen LogP contribution in [0.25, 0.3) is 0 Å². The minimum absolute atomic E-state index is 0.0963. The van der Waals surface area contributed by atoms with Gasteiger partial charge in [0.1, 0.15) is 23.9 Å². The van der Waals surface area contributed by atoms with Gasteiger partial charge in [-0.1, -0.05) is 56.3 Å². The zero-order valence-electron chi connectivity index (χ0n) is 22.4. The Hall–Kier alpha value is -3.57. The number of nitrogens with one attached hydrogen (secondary N) is 3. The molecule has 212 valence electrons. The number of benzene rings is 2. The molecule has 2 aromatic rings. The Morgan fingerprint density at radius 2 is 1.41 bits per heavy atom. The third-order valence-electron chi connectivity index (χ3n) is 6.12. The summed E-state index contributed by atoms with van der Waals surface area (Å²) in [6.07, 6.45) is 2.43. The minimum Gasteiger partial charge on any atom is -0.508 e. The molecule has 0 aliphatic heterocycles. The van der Waals surface area contributed by atoms with Crippen molar-refractivity contribution in [2.75, 3.05) is 12.0 Å². The van der Waals surface area contributed by atoms with Crippen LogP contribution in [-0.2, 0) is 32.0 Å². The van der Waals surface area contributed by atoms with E-state index in [1.54, 1.807) is 26.0 Å². The molecule has 7 N–H and O–H groups in total. The van der Waals surface area contributed by atoms with E-state index in [0.29, 0.717) is 5.75 Å². The number of rotatable bonds is 15. The molecule has 0 bridgehead atoms. The van der Waals surface area contributed by atoms with Gasteiger partial charge < -0.3 is 31.9 Å². The van der Waals surface area contributed by atoms with Crippen LogP contribution in [0.5, 0.6) is 5.75 Å². The van der Waals surface area contributed by atoms with Gasteiger partial charge in [0.05, 0.1) is 6.04 Å². The fourth-order valence-corrected chi connectivity index (χ4v) is 4.33. The van der Waals surface area contributed by atoms with E-state index in [0.717, 1.165) is 11.1 Å². The first-order valence-electron chi connectivity index (χ1n) is 12.7. The molecule has 4 atom stereocenters. The molecule has 2 aromatic carbocycles. The lowest BCUT2D eigenvalue weighted by Crippen LogP contribution is -2.59. The Morgan fingerprint density at radius 1 is 0.821 bits per heavy atom. The molecule has 0 fully saturated rings. The van der Waals surface area contributed by atoms with Crippen LogP contribution >= 0.6 is 11.8 Å². The van der Waals surface area contributed by atoms with E-state index in [2.05, 4.69) is 16.0 Å². The van der Waals surface area contributed by atoms with E-state index in [4.69, 9.17) is 5.73 Å². The number of hydrogen-bond acceptors (Lipinski definition) is 7. The summed E-state index contributed by atoms with van der Waals surface area (Å²) in [7, 11) is 0. The summed E-state index contributed by atoms with van der Waals surface area (Å²) in [5.74, 6) is -2.61. The average Bonchev–Trinajstić information content (AvgIpc) is 2.90. The van der Waals surface area contributed by atoms with Crippen molar-refractivity contribution < 1.29 is 29.4 Å². The largest absolute Gasteiger partial charge is 0.508 e. The molecule has 0 spiro atoms. The lowest BCUT2D eigenvalue weighted by Gasteiger charge is -2.27. The number of carboxylic acids is 1. The maximum absolute atomic E-state index is 13.4. The van der Waals surface area contributed by atoms with E-state index in [9.17, 15) is 29.4 Å². The Bertz CT molecular complexity index is 1100. The first kappa shape index (κ1) is 31.6. The second-order valence-corrected chi connectivity index (χ2v) is 10.6. The summed E-state index contributed by atoms with van der Waals surface area (Å²) in [6, 6.07) is 11.3. The second kappa shape index (κ2) is 15.7. The van der Waals surface area contributed by atoms with Crippen LogP contribution in [0.3, 0.4) is 0 Å². The summed E-state index contributed by atoms with van der Waals surface area (Å²) in [5, 5.41) is 26.9. The third-order valence-corrected chi connectivity index (χ3v) is 6.76. The standard InChI is InChI=1S/C28H38N4O6S/c1-17(2)24(27(36)30-22(28(37)38)13-14-39-3)32-26(35)23(16-18-7-5-4-6-8-18)31-25(34)21(29)15-19-9-11-20(33)12-10-19/h4-12,17,21-24,33H,13-16,29H2,1-3H3,(H,30,36)(H,31,34)(H,32,35)(H,37,38). The zero-order valence-corrected chi connectivity index (χ0v) is 23.2.